The van der Waals surface area contributed by atoms with Gasteiger partial charge in [-0.05, 0) is 53.8 Å². The molecule has 3 rings (SSSR count). The Hall–Kier alpha value is -1.35. The number of benzene rings is 2. The van der Waals surface area contributed by atoms with Crippen LogP contribution in [0.15, 0.2) is 48.5 Å². The van der Waals surface area contributed by atoms with Gasteiger partial charge in [-0.25, -0.2) is 0 Å². The molecule has 0 spiro atoms. The minimum Gasteiger partial charge on any atom is -0.292 e. The molecule has 1 aliphatic rings. The van der Waals surface area contributed by atoms with Gasteiger partial charge < -0.3 is 0 Å². The number of hydrogen-bond donors (Lipinski definition) is 0. The van der Waals surface area contributed by atoms with Gasteiger partial charge in [0, 0.05) is 24.7 Å². The number of halogens is 2. The molecule has 0 aromatic heterocycles. The largest absolute Gasteiger partial charge is 0.292 e. The molecule has 2 aromatic carbocycles. The van der Waals surface area contributed by atoms with Crippen molar-refractivity contribution < 1.29 is 4.79 Å². The number of hydrogen-bond acceptors (Lipinski definition) is 2. The number of carbonyl (C=O) groups is 1. The highest BCUT2D eigenvalue weighted by Crippen LogP contribution is 2.28. The highest BCUT2D eigenvalue weighted by Gasteiger charge is 2.22. The first-order valence-electron chi connectivity index (χ1n) is 7.26. The topological polar surface area (TPSA) is 20.3 Å². The van der Waals surface area contributed by atoms with Gasteiger partial charge in [-0.2, -0.15) is 0 Å². The first-order valence-corrected chi connectivity index (χ1v) is 7.63. The summed E-state index contributed by atoms with van der Waals surface area (Å²) in [5.41, 5.74) is 4.48. The fourth-order valence-electron chi connectivity index (χ4n) is 2.97. The molecule has 0 aliphatic carbocycles. The van der Waals surface area contributed by atoms with E-state index < -0.39 is 0 Å². The molecule has 0 saturated heterocycles. The van der Waals surface area contributed by atoms with Gasteiger partial charge in [0.1, 0.15) is 0 Å². The summed E-state index contributed by atoms with van der Waals surface area (Å²) >= 11 is 5.56. The van der Waals surface area contributed by atoms with Crippen LogP contribution < -0.4 is 0 Å². The molecule has 116 valence electrons. The zero-order valence-electron chi connectivity index (χ0n) is 12.5. The molecule has 1 aliphatic heterocycles. The van der Waals surface area contributed by atoms with E-state index in [1.807, 2.05) is 24.3 Å². The predicted octanol–water partition coefficient (Wildman–Crippen LogP) is 4.61. The van der Waals surface area contributed by atoms with E-state index in [0.717, 1.165) is 19.5 Å². The van der Waals surface area contributed by atoms with E-state index in [0.29, 0.717) is 11.6 Å². The van der Waals surface area contributed by atoms with Gasteiger partial charge in [0.05, 0.1) is 0 Å². The maximum Gasteiger partial charge on any atom is 0.252 e. The quantitative estimate of drug-likeness (QED) is 0.763. The smallest absolute Gasteiger partial charge is 0.252 e. The summed E-state index contributed by atoms with van der Waals surface area (Å²) in [5, 5.41) is -0.377. The Morgan fingerprint density at radius 3 is 2.55 bits per heavy atom. The third-order valence-electron chi connectivity index (χ3n) is 4.30. The molecule has 1 atom stereocenters. The third-order valence-corrected chi connectivity index (χ3v) is 4.52. The SMILES string of the molecule is CC(c1ccccc1)N1CCc2cc(C(=O)Cl)ccc2C1.Cl. The average Bonchev–Trinajstić information content (AvgIpc) is 2.54. The van der Waals surface area contributed by atoms with Crippen molar-refractivity contribution in [3.05, 3.63) is 70.8 Å². The highest BCUT2D eigenvalue weighted by atomic mass is 35.5. The monoisotopic (exact) mass is 335 g/mol. The van der Waals surface area contributed by atoms with Crippen LogP contribution in [-0.2, 0) is 13.0 Å². The molecule has 0 bridgehead atoms. The average molecular weight is 336 g/mol. The van der Waals surface area contributed by atoms with Gasteiger partial charge in [-0.15, -0.1) is 12.4 Å². The van der Waals surface area contributed by atoms with E-state index in [1.165, 1.54) is 16.7 Å². The second kappa shape index (κ2) is 7.28. The van der Waals surface area contributed by atoms with Gasteiger partial charge in [-0.3, -0.25) is 9.69 Å². The molecule has 0 saturated carbocycles. The Labute approximate surface area is 142 Å². The summed E-state index contributed by atoms with van der Waals surface area (Å²) < 4.78 is 0. The minimum absolute atomic E-state index is 0. The molecule has 4 heteroatoms. The van der Waals surface area contributed by atoms with Crippen LogP contribution in [0.5, 0.6) is 0 Å². The lowest BCUT2D eigenvalue weighted by atomic mass is 9.95. The molecule has 0 radical (unpaired) electrons. The normalized spacial score (nSPS) is 15.5. The summed E-state index contributed by atoms with van der Waals surface area (Å²) in [6, 6.07) is 16.8. The summed E-state index contributed by atoms with van der Waals surface area (Å²) in [6.07, 6.45) is 0.963. The Morgan fingerprint density at radius 1 is 1.14 bits per heavy atom. The predicted molar refractivity (Wildman–Crippen MR) is 92.8 cm³/mol. The Kier molecular flexibility index (Phi) is 5.63. The van der Waals surface area contributed by atoms with Crippen molar-refractivity contribution in [3.63, 3.8) is 0 Å². The third kappa shape index (κ3) is 3.52. The zero-order valence-corrected chi connectivity index (χ0v) is 14.0. The lowest BCUT2D eigenvalue weighted by molar-refractivity contribution is 0.108. The van der Waals surface area contributed by atoms with E-state index in [9.17, 15) is 4.79 Å². The zero-order chi connectivity index (χ0) is 14.8. The van der Waals surface area contributed by atoms with Crippen LogP contribution in [0, 0.1) is 0 Å². The summed E-state index contributed by atoms with van der Waals surface area (Å²) in [7, 11) is 0. The maximum absolute atomic E-state index is 11.2. The summed E-state index contributed by atoms with van der Waals surface area (Å²) in [4.78, 5) is 13.7. The van der Waals surface area contributed by atoms with Crippen LogP contribution in [0.25, 0.3) is 0 Å². The van der Waals surface area contributed by atoms with Gasteiger partial charge in [0.2, 0.25) is 0 Å². The molecule has 22 heavy (non-hydrogen) atoms. The van der Waals surface area contributed by atoms with E-state index in [1.54, 1.807) is 0 Å². The van der Waals surface area contributed by atoms with Crippen molar-refractivity contribution in [2.24, 2.45) is 0 Å². The minimum atomic E-state index is -0.377. The number of rotatable bonds is 3. The fraction of sp³-hybridized carbons (Fsp3) is 0.278. The molecular formula is C18H19Cl2NO. The van der Waals surface area contributed by atoms with Gasteiger partial charge >= 0.3 is 0 Å². The molecular weight excluding hydrogens is 317 g/mol. The standard InChI is InChI=1S/C18H18ClNO.ClH/c1-13(14-5-3-2-4-6-14)20-10-9-15-11-16(18(19)21)7-8-17(15)12-20;/h2-8,11,13H,9-10,12H2,1H3;1H. The van der Waals surface area contributed by atoms with E-state index in [2.05, 4.69) is 36.1 Å². The lowest BCUT2D eigenvalue weighted by Crippen LogP contribution is -2.33. The van der Waals surface area contributed by atoms with Crippen LogP contribution in [0.3, 0.4) is 0 Å². The summed E-state index contributed by atoms with van der Waals surface area (Å²) in [6.45, 7) is 4.17. The van der Waals surface area contributed by atoms with Crippen molar-refractivity contribution in [2.45, 2.75) is 25.9 Å². The molecule has 1 unspecified atom stereocenters. The van der Waals surface area contributed by atoms with E-state index >= 15 is 0 Å². The molecule has 0 N–H and O–H groups in total. The first kappa shape index (κ1) is 17.0. The van der Waals surface area contributed by atoms with Crippen LogP contribution in [-0.4, -0.2) is 16.7 Å². The second-order valence-corrected chi connectivity index (χ2v) is 5.91. The second-order valence-electron chi connectivity index (χ2n) is 5.56. The molecule has 2 aromatic rings. The van der Waals surface area contributed by atoms with Crippen molar-refractivity contribution >= 4 is 29.3 Å². The van der Waals surface area contributed by atoms with E-state index in [4.69, 9.17) is 11.6 Å². The van der Waals surface area contributed by atoms with Gasteiger partial charge in [0.25, 0.3) is 5.24 Å². The van der Waals surface area contributed by atoms with Crippen molar-refractivity contribution in [2.75, 3.05) is 6.54 Å². The Morgan fingerprint density at radius 2 is 1.86 bits per heavy atom. The molecule has 0 amide bonds. The molecule has 2 nitrogen and oxygen atoms in total. The van der Waals surface area contributed by atoms with Crippen LogP contribution in [0.1, 0.15) is 40.0 Å². The van der Waals surface area contributed by atoms with Crippen LogP contribution in [0.2, 0.25) is 0 Å². The maximum atomic E-state index is 11.2. The van der Waals surface area contributed by atoms with E-state index in [-0.39, 0.29) is 17.6 Å². The Balaban J connectivity index is 0.00000176. The molecule has 0 fully saturated rings. The van der Waals surface area contributed by atoms with Crippen LogP contribution >= 0.6 is 24.0 Å². The summed E-state index contributed by atoms with van der Waals surface area (Å²) in [5.74, 6) is 0. The van der Waals surface area contributed by atoms with Crippen LogP contribution in [0.4, 0.5) is 0 Å². The first-order chi connectivity index (χ1) is 10.1. The van der Waals surface area contributed by atoms with Gasteiger partial charge in [-0.1, -0.05) is 36.4 Å². The fourth-order valence-corrected chi connectivity index (χ4v) is 3.09. The highest BCUT2D eigenvalue weighted by molar-refractivity contribution is 6.67. The van der Waals surface area contributed by atoms with Crippen molar-refractivity contribution in [1.29, 1.82) is 0 Å². The van der Waals surface area contributed by atoms with Crippen molar-refractivity contribution in [3.8, 4) is 0 Å². The Bertz CT molecular complexity index is 657. The number of fused-ring (bicyclic) bond motifs is 1. The number of carbonyl (C=O) groups excluding carboxylic acids is 1. The number of nitrogens with zero attached hydrogens (tertiary/aromatic N) is 1. The van der Waals surface area contributed by atoms with Gasteiger partial charge in [0.15, 0.2) is 0 Å². The molecule has 1 heterocycles. The van der Waals surface area contributed by atoms with Crippen molar-refractivity contribution in [1.82, 2.24) is 4.90 Å². The lowest BCUT2D eigenvalue weighted by Gasteiger charge is -2.34.